The lowest BCUT2D eigenvalue weighted by Gasteiger charge is -2.28. The van der Waals surface area contributed by atoms with E-state index in [4.69, 9.17) is 0 Å². The van der Waals surface area contributed by atoms with Crippen molar-refractivity contribution in [1.82, 2.24) is 14.1 Å². The third-order valence-corrected chi connectivity index (χ3v) is 8.93. The third-order valence-electron chi connectivity index (χ3n) is 5.92. The molecule has 1 amide bonds. The van der Waals surface area contributed by atoms with Gasteiger partial charge in [-0.15, -0.1) is 11.3 Å². The Labute approximate surface area is 201 Å². The molecule has 10 heteroatoms. The van der Waals surface area contributed by atoms with Gasteiger partial charge in [0.25, 0.3) is 5.91 Å². The number of carbonyl (C=O) groups is 1. The zero-order valence-corrected chi connectivity index (χ0v) is 20.1. The van der Waals surface area contributed by atoms with E-state index in [-0.39, 0.29) is 23.9 Å². The van der Waals surface area contributed by atoms with Crippen LogP contribution in [0.15, 0.2) is 65.6 Å². The first kappa shape index (κ1) is 22.7. The maximum absolute atomic E-state index is 13.0. The number of aliphatic hydroxyl groups excluding tert-OH is 1. The number of hydrogen-bond donors (Lipinski definition) is 2. The maximum Gasteiger partial charge on any atom is 0.265 e. The molecule has 2 aromatic carbocycles. The number of benzene rings is 2. The molecule has 0 saturated carbocycles. The number of carbonyl (C=O) groups excluding carboxylic acids is 1. The van der Waals surface area contributed by atoms with Gasteiger partial charge in [0.05, 0.1) is 27.3 Å². The Kier molecular flexibility index (Phi) is 5.98. The van der Waals surface area contributed by atoms with E-state index >= 15 is 0 Å². The molecule has 1 fully saturated rings. The topological polar surface area (TPSA) is 105 Å². The quantitative estimate of drug-likeness (QED) is 0.437. The monoisotopic (exact) mass is 496 g/mol. The van der Waals surface area contributed by atoms with Gasteiger partial charge in [-0.1, -0.05) is 24.3 Å². The largest absolute Gasteiger partial charge is 0.393 e. The summed E-state index contributed by atoms with van der Waals surface area (Å²) in [5.41, 5.74) is 2.15. The third kappa shape index (κ3) is 4.25. The van der Waals surface area contributed by atoms with Gasteiger partial charge in [-0.25, -0.2) is 13.1 Å². The minimum Gasteiger partial charge on any atom is -0.393 e. The van der Waals surface area contributed by atoms with Crippen molar-refractivity contribution in [3.8, 4) is 5.69 Å². The van der Waals surface area contributed by atoms with Crippen molar-refractivity contribution in [3.63, 3.8) is 0 Å². The molecular weight excluding hydrogens is 472 g/mol. The van der Waals surface area contributed by atoms with Crippen molar-refractivity contribution >= 4 is 43.2 Å². The minimum absolute atomic E-state index is 0.119. The summed E-state index contributed by atoms with van der Waals surface area (Å²) in [7, 11) is -3.70. The summed E-state index contributed by atoms with van der Waals surface area (Å²) < 4.78 is 29.2. The van der Waals surface area contributed by atoms with Gasteiger partial charge in [0.15, 0.2) is 0 Å². The van der Waals surface area contributed by atoms with Crippen molar-refractivity contribution in [3.05, 3.63) is 71.2 Å². The lowest BCUT2D eigenvalue weighted by molar-refractivity contribution is 0.103. The molecule has 8 nitrogen and oxygen atoms in total. The molecule has 3 heterocycles. The molecule has 2 N–H and O–H groups in total. The molecule has 0 unspecified atom stereocenters. The standard InChI is InChI=1S/C24H24N4O4S2/c1-16-21-15-22(33-24(21)28(26-16)18-7-3-2-4-8-18)23(30)25-17-6-5-9-20(14-17)34(31,32)27-12-10-19(29)11-13-27/h2-9,14-15,19,29H,10-13H2,1H3,(H,25,30). The van der Waals surface area contributed by atoms with Gasteiger partial charge < -0.3 is 10.4 Å². The van der Waals surface area contributed by atoms with E-state index in [0.717, 1.165) is 21.6 Å². The fraction of sp³-hybridized carbons (Fsp3) is 0.250. The Bertz CT molecular complexity index is 1450. The van der Waals surface area contributed by atoms with Gasteiger partial charge in [-0.05, 0) is 56.2 Å². The normalized spacial score (nSPS) is 15.6. The fourth-order valence-electron chi connectivity index (χ4n) is 4.06. The Morgan fingerprint density at radius 1 is 1.09 bits per heavy atom. The highest BCUT2D eigenvalue weighted by atomic mass is 32.2. The summed E-state index contributed by atoms with van der Waals surface area (Å²) in [6.45, 7) is 2.46. The molecule has 0 radical (unpaired) electrons. The highest BCUT2D eigenvalue weighted by molar-refractivity contribution is 7.89. The number of aromatic nitrogens is 2. The number of amides is 1. The van der Waals surface area contributed by atoms with E-state index in [2.05, 4.69) is 10.4 Å². The molecule has 2 aromatic heterocycles. The molecule has 0 spiro atoms. The van der Waals surface area contributed by atoms with Gasteiger partial charge in [0, 0.05) is 24.2 Å². The summed E-state index contributed by atoms with van der Waals surface area (Å²) in [4.78, 5) is 14.5. The number of fused-ring (bicyclic) bond motifs is 1. The smallest absolute Gasteiger partial charge is 0.265 e. The summed E-state index contributed by atoms with van der Waals surface area (Å²) in [5.74, 6) is -0.309. The summed E-state index contributed by atoms with van der Waals surface area (Å²) in [6, 6.07) is 17.8. The number of rotatable bonds is 5. The number of aryl methyl sites for hydroxylation is 1. The van der Waals surface area contributed by atoms with Crippen molar-refractivity contribution in [2.75, 3.05) is 18.4 Å². The number of hydrogen-bond acceptors (Lipinski definition) is 6. The molecule has 5 rings (SSSR count). The molecule has 0 bridgehead atoms. The van der Waals surface area contributed by atoms with Crippen LogP contribution in [0.4, 0.5) is 5.69 Å². The molecule has 176 valence electrons. The number of nitrogens with one attached hydrogen (secondary N) is 1. The lowest BCUT2D eigenvalue weighted by Crippen LogP contribution is -2.40. The first-order valence-corrected chi connectivity index (χ1v) is 13.2. The number of sulfonamides is 1. The maximum atomic E-state index is 13.0. The molecule has 34 heavy (non-hydrogen) atoms. The van der Waals surface area contributed by atoms with Crippen molar-refractivity contribution in [2.45, 2.75) is 30.8 Å². The van der Waals surface area contributed by atoms with Crippen molar-refractivity contribution in [1.29, 1.82) is 0 Å². The predicted octanol–water partition coefficient (Wildman–Crippen LogP) is 3.79. The van der Waals surface area contributed by atoms with E-state index in [1.807, 2.05) is 48.0 Å². The average Bonchev–Trinajstić information content (AvgIpc) is 3.41. The minimum atomic E-state index is -3.70. The first-order valence-electron chi connectivity index (χ1n) is 11.0. The van der Waals surface area contributed by atoms with Crippen LogP contribution in [0.3, 0.4) is 0 Å². The van der Waals surface area contributed by atoms with Crippen LogP contribution in [0.1, 0.15) is 28.2 Å². The summed E-state index contributed by atoms with van der Waals surface area (Å²) in [6.07, 6.45) is 0.374. The molecule has 1 aliphatic rings. The van der Waals surface area contributed by atoms with Crippen molar-refractivity contribution in [2.24, 2.45) is 0 Å². The van der Waals surface area contributed by atoms with Crippen LogP contribution in [-0.2, 0) is 10.0 Å². The van der Waals surface area contributed by atoms with Crippen LogP contribution in [-0.4, -0.2) is 52.7 Å². The van der Waals surface area contributed by atoms with E-state index in [9.17, 15) is 18.3 Å². The first-order chi connectivity index (χ1) is 16.3. The van der Waals surface area contributed by atoms with E-state index < -0.39 is 16.1 Å². The Hall–Kier alpha value is -3.05. The highest BCUT2D eigenvalue weighted by Crippen LogP contribution is 2.31. The number of thiophene rings is 1. The number of aliphatic hydroxyl groups is 1. The van der Waals surface area contributed by atoms with E-state index in [1.54, 1.807) is 12.1 Å². The van der Waals surface area contributed by atoms with Crippen LogP contribution >= 0.6 is 11.3 Å². The van der Waals surface area contributed by atoms with E-state index in [1.165, 1.54) is 27.8 Å². The molecule has 0 aliphatic carbocycles. The molecule has 1 saturated heterocycles. The second-order valence-electron chi connectivity index (χ2n) is 8.28. The van der Waals surface area contributed by atoms with Crippen LogP contribution in [0.25, 0.3) is 15.9 Å². The highest BCUT2D eigenvalue weighted by Gasteiger charge is 2.29. The van der Waals surface area contributed by atoms with Gasteiger partial charge in [0.1, 0.15) is 4.83 Å². The number of nitrogens with zero attached hydrogens (tertiary/aromatic N) is 3. The summed E-state index contributed by atoms with van der Waals surface area (Å²) >= 11 is 1.34. The van der Waals surface area contributed by atoms with E-state index in [0.29, 0.717) is 23.4 Å². The van der Waals surface area contributed by atoms with Crippen LogP contribution < -0.4 is 5.32 Å². The van der Waals surface area contributed by atoms with Crippen LogP contribution in [0.2, 0.25) is 0 Å². The zero-order chi connectivity index (χ0) is 23.9. The predicted molar refractivity (Wildman–Crippen MR) is 132 cm³/mol. The molecule has 1 aliphatic heterocycles. The van der Waals surface area contributed by atoms with Crippen LogP contribution in [0, 0.1) is 6.92 Å². The van der Waals surface area contributed by atoms with Gasteiger partial charge in [0.2, 0.25) is 10.0 Å². The summed E-state index contributed by atoms with van der Waals surface area (Å²) in [5, 5.41) is 18.0. The SMILES string of the molecule is Cc1nn(-c2ccccc2)c2sc(C(=O)Nc3cccc(S(=O)(=O)N4CCC(O)CC4)c3)cc12. The van der Waals surface area contributed by atoms with Gasteiger partial charge >= 0.3 is 0 Å². The zero-order valence-electron chi connectivity index (χ0n) is 18.5. The van der Waals surface area contributed by atoms with Gasteiger partial charge in [-0.2, -0.15) is 9.40 Å². The lowest BCUT2D eigenvalue weighted by atomic mass is 10.1. The second kappa shape index (κ2) is 8.95. The van der Waals surface area contributed by atoms with Gasteiger partial charge in [-0.3, -0.25) is 4.79 Å². The number of piperidine rings is 1. The molecule has 4 aromatic rings. The Balaban J connectivity index is 1.39. The molecular formula is C24H24N4O4S2. The van der Waals surface area contributed by atoms with Crippen molar-refractivity contribution < 1.29 is 18.3 Å². The van der Waals surface area contributed by atoms with Crippen LogP contribution in [0.5, 0.6) is 0 Å². The number of para-hydroxylation sites is 1. The number of anilines is 1. The molecule has 0 atom stereocenters. The average molecular weight is 497 g/mol. The Morgan fingerprint density at radius 3 is 2.56 bits per heavy atom. The Morgan fingerprint density at radius 2 is 1.82 bits per heavy atom. The second-order valence-corrected chi connectivity index (χ2v) is 11.2. The fourth-order valence-corrected chi connectivity index (χ4v) is 6.66.